The summed E-state index contributed by atoms with van der Waals surface area (Å²) in [6.45, 7) is 3.27. The van der Waals surface area contributed by atoms with Crippen molar-refractivity contribution in [1.29, 1.82) is 0 Å². The van der Waals surface area contributed by atoms with E-state index in [0.717, 1.165) is 36.0 Å². The Morgan fingerprint density at radius 1 is 1.30 bits per heavy atom. The van der Waals surface area contributed by atoms with Gasteiger partial charge in [0.15, 0.2) is 5.13 Å². The topological polar surface area (TPSA) is 91.6 Å². The number of rotatable bonds is 10. The van der Waals surface area contributed by atoms with E-state index in [-0.39, 0.29) is 11.9 Å². The molecule has 1 amide bonds. The summed E-state index contributed by atoms with van der Waals surface area (Å²) in [6.07, 6.45) is 9.23. The second-order valence-corrected chi connectivity index (χ2v) is 9.99. The highest BCUT2D eigenvalue weighted by Crippen LogP contribution is 2.44. The van der Waals surface area contributed by atoms with E-state index in [1.54, 1.807) is 11.1 Å². The Hall–Kier alpha value is -2.78. The van der Waals surface area contributed by atoms with Crippen molar-refractivity contribution < 1.29 is 14.7 Å². The average Bonchev–Trinajstić information content (AvgIpc) is 3.40. The summed E-state index contributed by atoms with van der Waals surface area (Å²) >= 11 is 1.45. The number of nitrogens with zero attached hydrogens (tertiary/aromatic N) is 5. The number of carboxylic acids is 1. The van der Waals surface area contributed by atoms with Crippen LogP contribution in [0.2, 0.25) is 0 Å². The van der Waals surface area contributed by atoms with Gasteiger partial charge in [0.25, 0.3) is 0 Å². The van der Waals surface area contributed by atoms with Gasteiger partial charge < -0.3 is 14.6 Å². The van der Waals surface area contributed by atoms with Gasteiger partial charge in [0.2, 0.25) is 5.91 Å². The molecule has 176 valence electrons. The molecule has 1 aliphatic rings. The van der Waals surface area contributed by atoms with Crippen molar-refractivity contribution in [3.8, 4) is 0 Å². The Balaban J connectivity index is 1.63. The molecule has 0 saturated heterocycles. The van der Waals surface area contributed by atoms with E-state index < -0.39 is 11.4 Å². The SMILES string of the molecule is CCN(C(=O)C1(C(=O)O)CCC1)c1nc2ccc(C(CCCN(C)C)n3ccnc3)cc2s1. The maximum Gasteiger partial charge on any atom is 0.319 e. The van der Waals surface area contributed by atoms with Crippen LogP contribution in [0, 0.1) is 5.41 Å². The highest BCUT2D eigenvalue weighted by molar-refractivity contribution is 7.22. The number of aliphatic carboxylic acids is 1. The number of amides is 1. The standard InChI is InChI=1S/C24H31N5O3S/c1-4-29(21(30)24(22(31)32)10-6-11-24)23-26-18-9-8-17(15-20(18)33-23)19(7-5-13-27(2)3)28-14-12-25-16-28/h8-9,12,14-16,19H,4-7,10-11,13H2,1-3H3,(H,31,32). The van der Waals surface area contributed by atoms with E-state index in [2.05, 4.69) is 45.7 Å². The second kappa shape index (κ2) is 9.61. The third-order valence-corrected chi connectivity index (χ3v) is 7.61. The molecule has 2 heterocycles. The van der Waals surface area contributed by atoms with E-state index >= 15 is 0 Å². The minimum absolute atomic E-state index is 0.163. The van der Waals surface area contributed by atoms with Crippen molar-refractivity contribution in [2.24, 2.45) is 5.41 Å². The van der Waals surface area contributed by atoms with Crippen LogP contribution in [-0.4, -0.2) is 63.6 Å². The molecule has 8 nitrogen and oxygen atoms in total. The lowest BCUT2D eigenvalue weighted by molar-refractivity contribution is -0.160. The zero-order chi connectivity index (χ0) is 23.6. The zero-order valence-corrected chi connectivity index (χ0v) is 20.2. The average molecular weight is 470 g/mol. The van der Waals surface area contributed by atoms with E-state index in [1.807, 2.05) is 25.5 Å². The van der Waals surface area contributed by atoms with E-state index in [9.17, 15) is 14.7 Å². The largest absolute Gasteiger partial charge is 0.480 e. The Bertz CT molecular complexity index is 1120. The fraction of sp³-hybridized carbons (Fsp3) is 0.500. The maximum atomic E-state index is 13.2. The normalized spacial score (nSPS) is 16.0. The highest BCUT2D eigenvalue weighted by atomic mass is 32.1. The van der Waals surface area contributed by atoms with Crippen LogP contribution in [0.15, 0.2) is 36.9 Å². The summed E-state index contributed by atoms with van der Waals surface area (Å²) in [4.78, 5) is 37.7. The maximum absolute atomic E-state index is 13.2. The van der Waals surface area contributed by atoms with Crippen LogP contribution >= 0.6 is 11.3 Å². The van der Waals surface area contributed by atoms with Crippen LogP contribution in [0.25, 0.3) is 10.2 Å². The molecule has 1 aliphatic carbocycles. The number of benzene rings is 1. The number of anilines is 1. The minimum atomic E-state index is -1.29. The van der Waals surface area contributed by atoms with Crippen LogP contribution in [0.1, 0.15) is 50.6 Å². The summed E-state index contributed by atoms with van der Waals surface area (Å²) in [5.74, 6) is -1.37. The number of hydrogen-bond donors (Lipinski definition) is 1. The predicted octanol–water partition coefficient (Wildman–Crippen LogP) is 4.03. The van der Waals surface area contributed by atoms with Crippen LogP contribution in [0.4, 0.5) is 5.13 Å². The fourth-order valence-corrected chi connectivity index (χ4v) is 5.54. The van der Waals surface area contributed by atoms with E-state index in [1.165, 1.54) is 16.9 Å². The van der Waals surface area contributed by atoms with E-state index in [4.69, 9.17) is 0 Å². The van der Waals surface area contributed by atoms with Crippen molar-refractivity contribution >= 4 is 38.6 Å². The Morgan fingerprint density at radius 2 is 2.09 bits per heavy atom. The number of fused-ring (bicyclic) bond motifs is 1. The fourth-order valence-electron chi connectivity index (χ4n) is 4.47. The first-order valence-electron chi connectivity index (χ1n) is 11.4. The van der Waals surface area contributed by atoms with Gasteiger partial charge >= 0.3 is 5.97 Å². The van der Waals surface area contributed by atoms with Gasteiger partial charge in [-0.25, -0.2) is 9.97 Å². The Labute approximate surface area is 197 Å². The van der Waals surface area contributed by atoms with Gasteiger partial charge in [0.05, 0.1) is 22.6 Å². The number of thiazole rings is 1. The van der Waals surface area contributed by atoms with Crippen LogP contribution < -0.4 is 4.90 Å². The molecular formula is C24H31N5O3S. The molecule has 0 spiro atoms. The molecular weight excluding hydrogens is 438 g/mol. The van der Waals surface area contributed by atoms with Crippen molar-refractivity contribution in [2.45, 2.75) is 45.1 Å². The third kappa shape index (κ3) is 4.52. The molecule has 0 radical (unpaired) electrons. The Kier molecular flexibility index (Phi) is 6.81. The molecule has 1 aromatic carbocycles. The van der Waals surface area contributed by atoms with Crippen molar-refractivity contribution in [1.82, 2.24) is 19.4 Å². The molecule has 1 atom stereocenters. The summed E-state index contributed by atoms with van der Waals surface area (Å²) < 4.78 is 3.12. The molecule has 2 aromatic heterocycles. The quantitative estimate of drug-likeness (QED) is 0.451. The van der Waals surface area contributed by atoms with Gasteiger partial charge in [-0.05, 0) is 70.9 Å². The molecule has 1 N–H and O–H groups in total. The smallest absolute Gasteiger partial charge is 0.319 e. The first-order valence-corrected chi connectivity index (χ1v) is 12.3. The van der Waals surface area contributed by atoms with Gasteiger partial charge in [-0.3, -0.25) is 14.5 Å². The molecule has 33 heavy (non-hydrogen) atoms. The van der Waals surface area contributed by atoms with Gasteiger partial charge in [0.1, 0.15) is 5.41 Å². The number of carbonyl (C=O) groups excluding carboxylic acids is 1. The summed E-state index contributed by atoms with van der Waals surface area (Å²) in [7, 11) is 4.16. The number of hydrogen-bond acceptors (Lipinski definition) is 6. The molecule has 1 unspecified atom stereocenters. The van der Waals surface area contributed by atoms with Gasteiger partial charge in [-0.2, -0.15) is 0 Å². The highest BCUT2D eigenvalue weighted by Gasteiger charge is 2.53. The molecule has 3 aromatic rings. The van der Waals surface area contributed by atoms with Crippen LogP contribution in [-0.2, 0) is 9.59 Å². The number of carbonyl (C=O) groups is 2. The summed E-state index contributed by atoms with van der Waals surface area (Å²) in [6, 6.07) is 6.40. The monoisotopic (exact) mass is 469 g/mol. The minimum Gasteiger partial charge on any atom is -0.480 e. The zero-order valence-electron chi connectivity index (χ0n) is 19.4. The molecule has 0 bridgehead atoms. The van der Waals surface area contributed by atoms with Crippen molar-refractivity contribution in [3.63, 3.8) is 0 Å². The lowest BCUT2D eigenvalue weighted by atomic mass is 9.68. The van der Waals surface area contributed by atoms with Crippen molar-refractivity contribution in [2.75, 3.05) is 32.1 Å². The predicted molar refractivity (Wildman–Crippen MR) is 130 cm³/mol. The first-order chi connectivity index (χ1) is 15.9. The summed E-state index contributed by atoms with van der Waals surface area (Å²) in [5.41, 5.74) is 0.698. The van der Waals surface area contributed by atoms with Crippen LogP contribution in [0.3, 0.4) is 0 Å². The van der Waals surface area contributed by atoms with Gasteiger partial charge in [-0.15, -0.1) is 0 Å². The number of imidazole rings is 1. The van der Waals surface area contributed by atoms with Crippen molar-refractivity contribution in [3.05, 3.63) is 42.5 Å². The van der Waals surface area contributed by atoms with Gasteiger partial charge in [-0.1, -0.05) is 23.8 Å². The lowest BCUT2D eigenvalue weighted by Crippen LogP contribution is -2.52. The number of aromatic nitrogens is 3. The first kappa shape index (κ1) is 23.4. The summed E-state index contributed by atoms with van der Waals surface area (Å²) in [5, 5.41) is 10.3. The lowest BCUT2D eigenvalue weighted by Gasteiger charge is -2.38. The molecule has 9 heteroatoms. The number of carboxylic acid groups (broad SMARTS) is 1. The van der Waals surface area contributed by atoms with Crippen LogP contribution in [0.5, 0.6) is 0 Å². The second-order valence-electron chi connectivity index (χ2n) is 8.99. The molecule has 0 aliphatic heterocycles. The third-order valence-electron chi connectivity index (χ3n) is 6.57. The molecule has 4 rings (SSSR count). The van der Waals surface area contributed by atoms with Gasteiger partial charge in [0, 0.05) is 18.9 Å². The molecule has 1 saturated carbocycles. The molecule has 1 fully saturated rings. The Morgan fingerprint density at radius 3 is 2.67 bits per heavy atom. The van der Waals surface area contributed by atoms with E-state index in [0.29, 0.717) is 24.5 Å².